The van der Waals surface area contributed by atoms with Crippen LogP contribution in [0, 0.1) is 5.92 Å². The fourth-order valence-corrected chi connectivity index (χ4v) is 2.63. The second-order valence-electron chi connectivity index (χ2n) is 5.38. The van der Waals surface area contributed by atoms with Gasteiger partial charge in [-0.3, -0.25) is 4.57 Å². The molecule has 1 N–H and O–H groups in total. The molecule has 0 saturated heterocycles. The maximum absolute atomic E-state index is 11.8. The molecule has 1 aliphatic rings. The lowest BCUT2D eigenvalue weighted by atomic mass is 9.95. The van der Waals surface area contributed by atoms with Gasteiger partial charge in [-0.05, 0) is 25.2 Å². The van der Waals surface area contributed by atoms with E-state index in [2.05, 4.69) is 18.8 Å². The van der Waals surface area contributed by atoms with Crippen LogP contribution in [0.2, 0.25) is 0 Å². The van der Waals surface area contributed by atoms with Crippen LogP contribution >= 0.6 is 0 Å². The summed E-state index contributed by atoms with van der Waals surface area (Å²) in [6, 6.07) is 0.443. The lowest BCUT2D eigenvalue weighted by Gasteiger charge is -2.21. The van der Waals surface area contributed by atoms with Crippen LogP contribution < -0.4 is 5.69 Å². The van der Waals surface area contributed by atoms with E-state index in [1.54, 1.807) is 0 Å². The van der Waals surface area contributed by atoms with Gasteiger partial charge in [0, 0.05) is 17.9 Å². The van der Waals surface area contributed by atoms with Gasteiger partial charge in [-0.1, -0.05) is 33.1 Å². The van der Waals surface area contributed by atoms with Crippen LogP contribution in [0.4, 0.5) is 0 Å². The molecule has 1 aromatic heterocycles. The number of hydrogen-bond acceptors (Lipinski definition) is 1. The molecule has 1 saturated carbocycles. The van der Waals surface area contributed by atoms with Gasteiger partial charge in [0.05, 0.1) is 0 Å². The fraction of sp³-hybridized carbons (Fsp3) is 0.769. The van der Waals surface area contributed by atoms with Crippen molar-refractivity contribution in [3.05, 3.63) is 22.4 Å². The largest absolute Gasteiger partial charge is 0.325 e. The van der Waals surface area contributed by atoms with Gasteiger partial charge in [-0.15, -0.1) is 0 Å². The highest BCUT2D eigenvalue weighted by Crippen LogP contribution is 2.27. The molecule has 0 aromatic carbocycles. The van der Waals surface area contributed by atoms with Crippen LogP contribution in [-0.2, 0) is 6.42 Å². The van der Waals surface area contributed by atoms with Gasteiger partial charge in [-0.2, -0.15) is 0 Å². The summed E-state index contributed by atoms with van der Waals surface area (Å²) in [6.07, 6.45) is 9.20. The van der Waals surface area contributed by atoms with Crippen LogP contribution in [0.5, 0.6) is 0 Å². The first-order valence-corrected chi connectivity index (χ1v) is 6.47. The lowest BCUT2D eigenvalue weighted by molar-refractivity contribution is 0.347. The topological polar surface area (TPSA) is 37.8 Å². The molecule has 1 aliphatic carbocycles. The number of aromatic amines is 1. The number of rotatable bonds is 3. The first kappa shape index (κ1) is 11.5. The van der Waals surface area contributed by atoms with Gasteiger partial charge >= 0.3 is 5.69 Å². The van der Waals surface area contributed by atoms with Gasteiger partial charge in [-0.25, -0.2) is 4.79 Å². The summed E-state index contributed by atoms with van der Waals surface area (Å²) in [5.41, 5.74) is 1.17. The van der Waals surface area contributed by atoms with Gasteiger partial charge in [0.25, 0.3) is 0 Å². The average Bonchev–Trinajstić information content (AvgIpc) is 2.60. The smallest absolute Gasteiger partial charge is 0.310 e. The molecule has 3 heteroatoms. The Hall–Kier alpha value is -0.990. The maximum Gasteiger partial charge on any atom is 0.325 e. The van der Waals surface area contributed by atoms with Crippen molar-refractivity contribution >= 4 is 0 Å². The van der Waals surface area contributed by atoms with Crippen LogP contribution in [0.15, 0.2) is 11.0 Å². The molecule has 0 unspecified atom stereocenters. The summed E-state index contributed by atoms with van der Waals surface area (Å²) in [6.45, 7) is 4.35. The molecule has 16 heavy (non-hydrogen) atoms. The van der Waals surface area contributed by atoms with Crippen molar-refractivity contribution in [2.24, 2.45) is 5.92 Å². The van der Waals surface area contributed by atoms with Crippen LogP contribution in [-0.4, -0.2) is 9.55 Å². The summed E-state index contributed by atoms with van der Waals surface area (Å²) >= 11 is 0. The molecule has 0 bridgehead atoms. The normalized spacial score (nSPS) is 18.2. The van der Waals surface area contributed by atoms with Crippen LogP contribution in [0.3, 0.4) is 0 Å². The van der Waals surface area contributed by atoms with Crippen molar-refractivity contribution < 1.29 is 0 Å². The van der Waals surface area contributed by atoms with Gasteiger partial charge in [0.2, 0.25) is 0 Å². The summed E-state index contributed by atoms with van der Waals surface area (Å²) < 4.78 is 1.93. The molecule has 1 aromatic rings. The zero-order chi connectivity index (χ0) is 11.5. The van der Waals surface area contributed by atoms with Crippen molar-refractivity contribution in [3.8, 4) is 0 Å². The van der Waals surface area contributed by atoms with E-state index in [1.165, 1.54) is 32.1 Å². The minimum atomic E-state index is 0.0857. The van der Waals surface area contributed by atoms with Crippen molar-refractivity contribution in [3.63, 3.8) is 0 Å². The van der Waals surface area contributed by atoms with Crippen molar-refractivity contribution in [2.75, 3.05) is 0 Å². The SMILES string of the molecule is CC(C)Cc1cn(C2CCCCC2)c(=O)[nH]1. The number of aromatic nitrogens is 2. The Morgan fingerprint density at radius 2 is 2.06 bits per heavy atom. The number of hydrogen-bond donors (Lipinski definition) is 1. The Balaban J connectivity index is 2.14. The molecule has 0 atom stereocenters. The fourth-order valence-electron chi connectivity index (χ4n) is 2.63. The molecule has 0 spiro atoms. The molecule has 2 rings (SSSR count). The zero-order valence-electron chi connectivity index (χ0n) is 10.3. The predicted molar refractivity (Wildman–Crippen MR) is 65.7 cm³/mol. The molecule has 0 aliphatic heterocycles. The average molecular weight is 222 g/mol. The molecule has 0 amide bonds. The maximum atomic E-state index is 11.8. The van der Waals surface area contributed by atoms with E-state index in [-0.39, 0.29) is 5.69 Å². The van der Waals surface area contributed by atoms with E-state index in [1.807, 2.05) is 10.8 Å². The third-order valence-electron chi connectivity index (χ3n) is 3.39. The summed E-state index contributed by atoms with van der Waals surface area (Å²) in [5, 5.41) is 0. The lowest BCUT2D eigenvalue weighted by Crippen LogP contribution is -2.23. The molecule has 90 valence electrons. The summed E-state index contributed by atoms with van der Waals surface area (Å²) in [5.74, 6) is 0.595. The Kier molecular flexibility index (Phi) is 3.52. The van der Waals surface area contributed by atoms with Gasteiger partial charge < -0.3 is 4.98 Å². The van der Waals surface area contributed by atoms with Crippen LogP contribution in [0.25, 0.3) is 0 Å². The van der Waals surface area contributed by atoms with E-state index in [0.717, 1.165) is 12.1 Å². The Morgan fingerprint density at radius 1 is 1.38 bits per heavy atom. The molecule has 1 heterocycles. The standard InChI is InChI=1S/C13H22N2O/c1-10(2)8-11-9-15(13(16)14-11)12-6-4-3-5-7-12/h9-10,12H,3-8H2,1-2H3,(H,14,16). The van der Waals surface area contributed by atoms with E-state index in [0.29, 0.717) is 12.0 Å². The third-order valence-corrected chi connectivity index (χ3v) is 3.39. The highest BCUT2D eigenvalue weighted by atomic mass is 16.1. The Labute approximate surface area is 96.9 Å². The van der Waals surface area contributed by atoms with E-state index >= 15 is 0 Å². The molecule has 0 radical (unpaired) electrons. The van der Waals surface area contributed by atoms with E-state index < -0.39 is 0 Å². The highest BCUT2D eigenvalue weighted by molar-refractivity contribution is 4.99. The number of nitrogens with zero attached hydrogens (tertiary/aromatic N) is 1. The number of imidazole rings is 1. The highest BCUT2D eigenvalue weighted by Gasteiger charge is 2.17. The Morgan fingerprint density at radius 3 is 2.69 bits per heavy atom. The zero-order valence-corrected chi connectivity index (χ0v) is 10.3. The number of nitrogens with one attached hydrogen (secondary N) is 1. The second kappa shape index (κ2) is 4.89. The molecular weight excluding hydrogens is 200 g/mol. The first-order valence-electron chi connectivity index (χ1n) is 6.47. The number of H-pyrrole nitrogens is 1. The van der Waals surface area contributed by atoms with Crippen molar-refractivity contribution in [1.29, 1.82) is 0 Å². The Bertz CT molecular complexity index is 383. The minimum Gasteiger partial charge on any atom is -0.310 e. The second-order valence-corrected chi connectivity index (χ2v) is 5.38. The summed E-state index contributed by atoms with van der Waals surface area (Å²) in [7, 11) is 0. The summed E-state index contributed by atoms with van der Waals surface area (Å²) in [4.78, 5) is 14.8. The van der Waals surface area contributed by atoms with Crippen LogP contribution in [0.1, 0.15) is 57.7 Å². The van der Waals surface area contributed by atoms with Gasteiger partial charge in [0.1, 0.15) is 0 Å². The van der Waals surface area contributed by atoms with Gasteiger partial charge in [0.15, 0.2) is 0 Å². The molecule has 3 nitrogen and oxygen atoms in total. The minimum absolute atomic E-state index is 0.0857. The van der Waals surface area contributed by atoms with Crippen molar-refractivity contribution in [2.45, 2.75) is 58.4 Å². The molecular formula is C13H22N2O. The third kappa shape index (κ3) is 2.57. The van der Waals surface area contributed by atoms with Crippen molar-refractivity contribution in [1.82, 2.24) is 9.55 Å². The molecule has 1 fully saturated rings. The quantitative estimate of drug-likeness (QED) is 0.839. The van der Waals surface area contributed by atoms with E-state index in [9.17, 15) is 4.79 Å². The first-order chi connectivity index (χ1) is 7.66. The predicted octanol–water partition coefficient (Wildman–Crippen LogP) is 2.88. The monoisotopic (exact) mass is 222 g/mol. The van der Waals surface area contributed by atoms with E-state index in [4.69, 9.17) is 0 Å².